The molecule has 3 rings (SSSR count). The molecule has 5 heteroatoms. The van der Waals surface area contributed by atoms with Crippen molar-refractivity contribution < 1.29 is 14.6 Å². The highest BCUT2D eigenvalue weighted by Gasteiger charge is 2.32. The van der Waals surface area contributed by atoms with E-state index in [1.165, 1.54) is 12.8 Å². The molecular weight excluding hydrogens is 304 g/mol. The lowest BCUT2D eigenvalue weighted by Gasteiger charge is -2.35. The lowest BCUT2D eigenvalue weighted by molar-refractivity contribution is -0.132. The van der Waals surface area contributed by atoms with E-state index < -0.39 is 0 Å². The quantitative estimate of drug-likeness (QED) is 0.823. The van der Waals surface area contributed by atoms with Crippen LogP contribution in [0.2, 0.25) is 0 Å². The van der Waals surface area contributed by atoms with Gasteiger partial charge >= 0.3 is 0 Å². The first-order valence-electron chi connectivity index (χ1n) is 9.05. The molecule has 132 valence electrons. The molecule has 1 aliphatic carbocycles. The first kappa shape index (κ1) is 17.2. The number of carbonyl (C=O) groups is 1. The first-order valence-corrected chi connectivity index (χ1v) is 9.05. The summed E-state index contributed by atoms with van der Waals surface area (Å²) in [5.41, 5.74) is 1.02. The Bertz CT molecular complexity index is 534. The lowest BCUT2D eigenvalue weighted by atomic mass is 10.1. The van der Waals surface area contributed by atoms with Crippen molar-refractivity contribution >= 4 is 5.91 Å². The highest BCUT2D eigenvalue weighted by Crippen LogP contribution is 2.32. The average Bonchev–Trinajstić information content (AvgIpc) is 3.42. The number of aliphatic hydroxyl groups excluding tert-OH is 1. The third-order valence-corrected chi connectivity index (χ3v) is 4.93. The lowest BCUT2D eigenvalue weighted by Crippen LogP contribution is -2.51. The minimum absolute atomic E-state index is 0.182. The van der Waals surface area contributed by atoms with Gasteiger partial charge in [-0.25, -0.2) is 0 Å². The molecule has 0 spiro atoms. The van der Waals surface area contributed by atoms with E-state index in [9.17, 15) is 9.90 Å². The Kier molecular flexibility index (Phi) is 5.74. The van der Waals surface area contributed by atoms with Crippen molar-refractivity contribution in [3.8, 4) is 5.75 Å². The van der Waals surface area contributed by atoms with Crippen molar-refractivity contribution in [3.05, 3.63) is 29.8 Å². The van der Waals surface area contributed by atoms with Gasteiger partial charge in [0.15, 0.2) is 0 Å². The van der Waals surface area contributed by atoms with Crippen molar-refractivity contribution in [2.75, 3.05) is 39.3 Å². The number of hydrogen-bond acceptors (Lipinski definition) is 4. The van der Waals surface area contributed by atoms with Gasteiger partial charge in [0, 0.05) is 32.7 Å². The molecule has 1 aromatic rings. The standard InChI is InChI=1S/C19H28N2O3/c1-2-24-17-7-3-15(4-8-17)13-19(23)21-11-9-20(10-12-21)14-18(22)16-5-6-16/h3-4,7-8,16,18,22H,2,5-6,9-14H2,1H3/t18-/m1/s1. The summed E-state index contributed by atoms with van der Waals surface area (Å²) < 4.78 is 5.43. The van der Waals surface area contributed by atoms with Gasteiger partial charge in [0.25, 0.3) is 0 Å². The summed E-state index contributed by atoms with van der Waals surface area (Å²) in [4.78, 5) is 16.7. The molecule has 2 aliphatic rings. The zero-order valence-electron chi connectivity index (χ0n) is 14.5. The summed E-state index contributed by atoms with van der Waals surface area (Å²) >= 11 is 0. The number of β-amino-alcohol motifs (C(OH)–C–C–N with tert-alkyl or cyclic N) is 1. The molecule has 0 bridgehead atoms. The van der Waals surface area contributed by atoms with Crippen LogP contribution < -0.4 is 4.74 Å². The van der Waals surface area contributed by atoms with Crippen molar-refractivity contribution in [1.29, 1.82) is 0 Å². The van der Waals surface area contributed by atoms with Gasteiger partial charge in [0.2, 0.25) is 5.91 Å². The van der Waals surface area contributed by atoms with Crippen molar-refractivity contribution in [3.63, 3.8) is 0 Å². The van der Waals surface area contributed by atoms with Gasteiger partial charge < -0.3 is 14.7 Å². The van der Waals surface area contributed by atoms with E-state index in [-0.39, 0.29) is 12.0 Å². The van der Waals surface area contributed by atoms with Crippen LogP contribution in [0, 0.1) is 5.92 Å². The van der Waals surface area contributed by atoms with E-state index in [1.54, 1.807) is 0 Å². The maximum absolute atomic E-state index is 12.5. The molecule has 2 fully saturated rings. The van der Waals surface area contributed by atoms with E-state index in [1.807, 2.05) is 36.1 Å². The zero-order valence-corrected chi connectivity index (χ0v) is 14.5. The smallest absolute Gasteiger partial charge is 0.227 e. The molecule has 1 amide bonds. The van der Waals surface area contributed by atoms with Gasteiger partial charge in [0.05, 0.1) is 19.1 Å². The van der Waals surface area contributed by atoms with E-state index in [0.29, 0.717) is 18.9 Å². The molecule has 0 radical (unpaired) electrons. The van der Waals surface area contributed by atoms with Crippen LogP contribution in [0.4, 0.5) is 0 Å². The summed E-state index contributed by atoms with van der Waals surface area (Å²) in [6, 6.07) is 7.77. The van der Waals surface area contributed by atoms with Gasteiger partial charge in [-0.1, -0.05) is 12.1 Å². The molecule has 0 aromatic heterocycles. The zero-order chi connectivity index (χ0) is 16.9. The number of nitrogens with zero attached hydrogens (tertiary/aromatic N) is 2. The second kappa shape index (κ2) is 7.99. The molecule has 1 atom stereocenters. The number of benzene rings is 1. The van der Waals surface area contributed by atoms with E-state index in [0.717, 1.165) is 44.0 Å². The number of carbonyl (C=O) groups excluding carboxylic acids is 1. The Morgan fingerprint density at radius 2 is 1.88 bits per heavy atom. The van der Waals surface area contributed by atoms with Crippen LogP contribution in [-0.2, 0) is 11.2 Å². The largest absolute Gasteiger partial charge is 0.494 e. The Balaban J connectivity index is 1.42. The molecule has 1 aliphatic heterocycles. The summed E-state index contributed by atoms with van der Waals surface area (Å²) in [5, 5.41) is 10.0. The van der Waals surface area contributed by atoms with E-state index in [4.69, 9.17) is 4.74 Å². The fourth-order valence-electron chi connectivity index (χ4n) is 3.23. The van der Waals surface area contributed by atoms with Crippen molar-refractivity contribution in [2.24, 2.45) is 5.92 Å². The normalized spacial score (nSPS) is 20.0. The molecule has 0 unspecified atom stereocenters. The number of ether oxygens (including phenoxy) is 1. The Labute approximate surface area is 144 Å². The van der Waals surface area contributed by atoms with Crippen LogP contribution in [0.1, 0.15) is 25.3 Å². The van der Waals surface area contributed by atoms with Gasteiger partial charge in [-0.05, 0) is 43.4 Å². The number of amides is 1. The third kappa shape index (κ3) is 4.71. The fraction of sp³-hybridized carbons (Fsp3) is 0.632. The van der Waals surface area contributed by atoms with Crippen molar-refractivity contribution in [2.45, 2.75) is 32.3 Å². The number of piperazine rings is 1. The second-order valence-electron chi connectivity index (χ2n) is 6.84. The average molecular weight is 332 g/mol. The maximum atomic E-state index is 12.5. The molecule has 1 saturated heterocycles. The van der Waals surface area contributed by atoms with Crippen LogP contribution >= 0.6 is 0 Å². The number of aliphatic hydroxyl groups is 1. The van der Waals surface area contributed by atoms with Crippen LogP contribution in [0.15, 0.2) is 24.3 Å². The fourth-order valence-corrected chi connectivity index (χ4v) is 3.23. The maximum Gasteiger partial charge on any atom is 0.227 e. The third-order valence-electron chi connectivity index (χ3n) is 4.93. The minimum atomic E-state index is -0.184. The molecule has 1 N–H and O–H groups in total. The first-order chi connectivity index (χ1) is 11.7. The van der Waals surface area contributed by atoms with E-state index in [2.05, 4.69) is 4.90 Å². The number of rotatable bonds is 7. The molecule has 1 heterocycles. The van der Waals surface area contributed by atoms with Gasteiger partial charge in [0.1, 0.15) is 5.75 Å². The Morgan fingerprint density at radius 1 is 1.21 bits per heavy atom. The Hall–Kier alpha value is -1.59. The molecule has 1 saturated carbocycles. The topological polar surface area (TPSA) is 53.0 Å². The highest BCUT2D eigenvalue weighted by molar-refractivity contribution is 5.78. The van der Waals surface area contributed by atoms with E-state index >= 15 is 0 Å². The monoisotopic (exact) mass is 332 g/mol. The molecule has 5 nitrogen and oxygen atoms in total. The Morgan fingerprint density at radius 3 is 2.46 bits per heavy atom. The summed E-state index contributed by atoms with van der Waals surface area (Å²) in [7, 11) is 0. The summed E-state index contributed by atoms with van der Waals surface area (Å²) in [6.07, 6.45) is 2.59. The summed E-state index contributed by atoms with van der Waals surface area (Å²) in [5.74, 6) is 1.54. The molecule has 1 aromatic carbocycles. The highest BCUT2D eigenvalue weighted by atomic mass is 16.5. The van der Waals surface area contributed by atoms with Crippen LogP contribution in [0.5, 0.6) is 5.75 Å². The van der Waals surface area contributed by atoms with Crippen LogP contribution in [0.3, 0.4) is 0 Å². The predicted molar refractivity (Wildman–Crippen MR) is 93.1 cm³/mol. The van der Waals surface area contributed by atoms with Gasteiger partial charge in [-0.3, -0.25) is 9.69 Å². The minimum Gasteiger partial charge on any atom is -0.494 e. The predicted octanol–water partition coefficient (Wildman–Crippen LogP) is 1.54. The van der Waals surface area contributed by atoms with Gasteiger partial charge in [-0.15, -0.1) is 0 Å². The molecule has 24 heavy (non-hydrogen) atoms. The van der Waals surface area contributed by atoms with Crippen LogP contribution in [-0.4, -0.2) is 66.2 Å². The SMILES string of the molecule is CCOc1ccc(CC(=O)N2CCN(C[C@@H](O)C3CC3)CC2)cc1. The van der Waals surface area contributed by atoms with Gasteiger partial charge in [-0.2, -0.15) is 0 Å². The molecular formula is C19H28N2O3. The van der Waals surface area contributed by atoms with Crippen LogP contribution in [0.25, 0.3) is 0 Å². The summed E-state index contributed by atoms with van der Waals surface area (Å²) in [6.45, 7) is 6.60. The number of hydrogen-bond donors (Lipinski definition) is 1. The van der Waals surface area contributed by atoms with Crippen molar-refractivity contribution in [1.82, 2.24) is 9.80 Å². The second-order valence-corrected chi connectivity index (χ2v) is 6.84.